The number of rotatable bonds is 3. The highest BCUT2D eigenvalue weighted by molar-refractivity contribution is 7.10. The van der Waals surface area contributed by atoms with Crippen molar-refractivity contribution < 1.29 is 0 Å². The maximum atomic E-state index is 6.62. The summed E-state index contributed by atoms with van der Waals surface area (Å²) >= 11 is 1.81. The molecule has 0 spiro atoms. The van der Waals surface area contributed by atoms with E-state index in [0.29, 0.717) is 0 Å². The molecule has 1 aliphatic rings. The number of nitrogens with zero attached hydrogens (tertiary/aromatic N) is 1. The van der Waals surface area contributed by atoms with Crippen molar-refractivity contribution >= 4 is 11.3 Å². The van der Waals surface area contributed by atoms with E-state index < -0.39 is 0 Å². The molecular formula is C14H24N2S. The molecule has 3 heteroatoms. The van der Waals surface area contributed by atoms with E-state index in [1.807, 2.05) is 11.3 Å². The highest BCUT2D eigenvalue weighted by Gasteiger charge is 2.41. The lowest BCUT2D eigenvalue weighted by Crippen LogP contribution is -2.53. The third kappa shape index (κ3) is 2.28. The summed E-state index contributed by atoms with van der Waals surface area (Å²) in [6.07, 6.45) is 6.46. The molecule has 1 atom stereocenters. The van der Waals surface area contributed by atoms with Crippen molar-refractivity contribution in [2.24, 2.45) is 5.73 Å². The van der Waals surface area contributed by atoms with E-state index in [2.05, 4.69) is 37.4 Å². The third-order valence-electron chi connectivity index (χ3n) is 4.42. The molecule has 1 fully saturated rings. The fourth-order valence-corrected chi connectivity index (χ4v) is 3.96. The van der Waals surface area contributed by atoms with Crippen LogP contribution in [-0.4, -0.2) is 24.5 Å². The molecule has 0 aliphatic heterocycles. The molecule has 2 nitrogen and oxygen atoms in total. The normalized spacial score (nSPS) is 21.7. The average Bonchev–Trinajstić information content (AvgIpc) is 2.75. The summed E-state index contributed by atoms with van der Waals surface area (Å²) in [6.45, 7) is 2.19. The minimum atomic E-state index is 0.157. The van der Waals surface area contributed by atoms with E-state index in [9.17, 15) is 0 Å². The largest absolute Gasteiger partial charge is 0.322 e. The van der Waals surface area contributed by atoms with Gasteiger partial charge < -0.3 is 10.6 Å². The molecule has 0 radical (unpaired) electrons. The molecule has 1 saturated carbocycles. The number of hydrogen-bond acceptors (Lipinski definition) is 3. The van der Waals surface area contributed by atoms with Crippen LogP contribution in [-0.2, 0) is 0 Å². The Balaban J connectivity index is 2.30. The van der Waals surface area contributed by atoms with E-state index in [-0.39, 0.29) is 11.6 Å². The van der Waals surface area contributed by atoms with Crippen molar-refractivity contribution in [3.63, 3.8) is 0 Å². The lowest BCUT2D eigenvalue weighted by molar-refractivity contribution is 0.0713. The molecule has 2 rings (SSSR count). The fraction of sp³-hybridized carbons (Fsp3) is 0.714. The van der Waals surface area contributed by atoms with Crippen LogP contribution in [0.4, 0.5) is 0 Å². The van der Waals surface area contributed by atoms with Crippen LogP contribution in [0.3, 0.4) is 0 Å². The number of likely N-dealkylation sites (N-methyl/N-ethyl adjacent to an activating group) is 1. The van der Waals surface area contributed by atoms with Crippen molar-refractivity contribution in [2.45, 2.75) is 50.6 Å². The van der Waals surface area contributed by atoms with Gasteiger partial charge in [0.15, 0.2) is 0 Å². The molecule has 0 aromatic carbocycles. The molecule has 96 valence electrons. The monoisotopic (exact) mass is 252 g/mol. The Hall–Kier alpha value is -0.380. The van der Waals surface area contributed by atoms with Crippen LogP contribution < -0.4 is 5.73 Å². The Morgan fingerprint density at radius 3 is 2.41 bits per heavy atom. The molecule has 0 saturated heterocycles. The molecule has 17 heavy (non-hydrogen) atoms. The van der Waals surface area contributed by atoms with Gasteiger partial charge in [0.2, 0.25) is 0 Å². The van der Waals surface area contributed by atoms with Crippen molar-refractivity contribution in [3.8, 4) is 0 Å². The fourth-order valence-electron chi connectivity index (χ4n) is 3.21. The van der Waals surface area contributed by atoms with E-state index in [1.165, 1.54) is 42.5 Å². The zero-order chi connectivity index (χ0) is 12.5. The van der Waals surface area contributed by atoms with Gasteiger partial charge in [-0.2, -0.15) is 0 Å². The second-order valence-corrected chi connectivity index (χ2v) is 6.59. The first-order valence-electron chi connectivity index (χ1n) is 6.55. The molecule has 2 N–H and O–H groups in total. The highest BCUT2D eigenvalue weighted by Crippen LogP contribution is 2.42. The van der Waals surface area contributed by atoms with Crippen molar-refractivity contribution in [3.05, 3.63) is 21.9 Å². The third-order valence-corrected chi connectivity index (χ3v) is 5.28. The zero-order valence-electron chi connectivity index (χ0n) is 11.2. The molecule has 1 aromatic heterocycles. The standard InChI is InChI=1S/C14H24N2S/c1-11-12(7-10-17-11)13(15)14(16(2)3)8-5-4-6-9-14/h7,10,13H,4-6,8-9,15H2,1-3H3. The number of hydrogen-bond donors (Lipinski definition) is 1. The van der Waals surface area contributed by atoms with Gasteiger partial charge in [0.05, 0.1) is 0 Å². The molecule has 1 unspecified atom stereocenters. The first-order valence-corrected chi connectivity index (χ1v) is 7.43. The van der Waals surface area contributed by atoms with Gasteiger partial charge in [-0.15, -0.1) is 11.3 Å². The maximum absolute atomic E-state index is 6.62. The molecule has 1 aliphatic carbocycles. The summed E-state index contributed by atoms with van der Waals surface area (Å²) < 4.78 is 0. The maximum Gasteiger partial charge on any atom is 0.0492 e. The molecule has 1 aromatic rings. The van der Waals surface area contributed by atoms with Gasteiger partial charge in [-0.3, -0.25) is 0 Å². The molecule has 0 amide bonds. The topological polar surface area (TPSA) is 29.3 Å². The Morgan fingerprint density at radius 1 is 1.29 bits per heavy atom. The van der Waals surface area contributed by atoms with Gasteiger partial charge in [0.25, 0.3) is 0 Å². The van der Waals surface area contributed by atoms with Crippen LogP contribution in [0.1, 0.15) is 48.6 Å². The quantitative estimate of drug-likeness (QED) is 0.894. The summed E-state index contributed by atoms with van der Waals surface area (Å²) in [5.41, 5.74) is 8.14. The summed E-state index contributed by atoms with van der Waals surface area (Å²) in [4.78, 5) is 3.75. The minimum Gasteiger partial charge on any atom is -0.322 e. The summed E-state index contributed by atoms with van der Waals surface area (Å²) in [5.74, 6) is 0. The first kappa shape index (κ1) is 13.1. The summed E-state index contributed by atoms with van der Waals surface area (Å²) in [5, 5.41) is 2.16. The zero-order valence-corrected chi connectivity index (χ0v) is 12.0. The van der Waals surface area contributed by atoms with Crippen LogP contribution in [0.5, 0.6) is 0 Å². The van der Waals surface area contributed by atoms with E-state index in [0.717, 1.165) is 0 Å². The van der Waals surface area contributed by atoms with Gasteiger partial charge in [0.1, 0.15) is 0 Å². The average molecular weight is 252 g/mol. The van der Waals surface area contributed by atoms with Gasteiger partial charge in [-0.25, -0.2) is 0 Å². The van der Waals surface area contributed by atoms with Crippen LogP contribution in [0.15, 0.2) is 11.4 Å². The lowest BCUT2D eigenvalue weighted by atomic mass is 9.73. The van der Waals surface area contributed by atoms with Crippen molar-refractivity contribution in [1.82, 2.24) is 4.90 Å². The summed E-state index contributed by atoms with van der Waals surface area (Å²) in [7, 11) is 4.37. The molecule has 0 bridgehead atoms. The van der Waals surface area contributed by atoms with Crippen LogP contribution in [0.2, 0.25) is 0 Å². The SMILES string of the molecule is Cc1sccc1C(N)C1(N(C)C)CCCCC1. The lowest BCUT2D eigenvalue weighted by Gasteiger charge is -2.47. The van der Waals surface area contributed by atoms with Gasteiger partial charge in [-0.1, -0.05) is 19.3 Å². The number of nitrogens with two attached hydrogens (primary N) is 1. The van der Waals surface area contributed by atoms with Crippen molar-refractivity contribution in [1.29, 1.82) is 0 Å². The van der Waals surface area contributed by atoms with Gasteiger partial charge >= 0.3 is 0 Å². The second-order valence-electron chi connectivity index (χ2n) is 5.47. The first-order chi connectivity index (χ1) is 8.08. The van der Waals surface area contributed by atoms with Gasteiger partial charge in [-0.05, 0) is 50.9 Å². The van der Waals surface area contributed by atoms with Crippen LogP contribution >= 0.6 is 11.3 Å². The number of thiophene rings is 1. The number of aryl methyl sites for hydroxylation is 1. The van der Waals surface area contributed by atoms with E-state index >= 15 is 0 Å². The Kier molecular flexibility index (Phi) is 3.91. The molecular weight excluding hydrogens is 228 g/mol. The van der Waals surface area contributed by atoms with Crippen LogP contribution in [0, 0.1) is 6.92 Å². The Morgan fingerprint density at radius 2 is 1.94 bits per heavy atom. The predicted molar refractivity (Wildman–Crippen MR) is 75.5 cm³/mol. The Labute approximate surface area is 109 Å². The van der Waals surface area contributed by atoms with Crippen molar-refractivity contribution in [2.75, 3.05) is 14.1 Å². The van der Waals surface area contributed by atoms with E-state index in [4.69, 9.17) is 5.73 Å². The predicted octanol–water partition coefficient (Wildman–Crippen LogP) is 3.32. The Bertz CT molecular complexity index is 364. The molecule has 1 heterocycles. The van der Waals surface area contributed by atoms with Crippen LogP contribution in [0.25, 0.3) is 0 Å². The second kappa shape index (κ2) is 5.09. The highest BCUT2D eigenvalue weighted by atomic mass is 32.1. The smallest absolute Gasteiger partial charge is 0.0492 e. The minimum absolute atomic E-state index is 0.157. The van der Waals surface area contributed by atoms with E-state index in [1.54, 1.807) is 0 Å². The van der Waals surface area contributed by atoms with Gasteiger partial charge in [0, 0.05) is 16.5 Å². The summed E-state index contributed by atoms with van der Waals surface area (Å²) in [6, 6.07) is 2.37.